The van der Waals surface area contributed by atoms with Crippen LogP contribution < -0.4 is 14.4 Å². The van der Waals surface area contributed by atoms with Gasteiger partial charge in [-0.1, -0.05) is 41.9 Å². The number of benzene rings is 3. The molecule has 0 saturated heterocycles. The van der Waals surface area contributed by atoms with Crippen molar-refractivity contribution in [1.29, 1.82) is 0 Å². The predicted molar refractivity (Wildman–Crippen MR) is 114 cm³/mol. The molecule has 0 aromatic heterocycles. The number of ether oxygens (including phenoxy) is 1. The van der Waals surface area contributed by atoms with Gasteiger partial charge in [0.15, 0.2) is 0 Å². The van der Waals surface area contributed by atoms with Gasteiger partial charge in [0.05, 0.1) is 23.4 Å². The molecule has 0 aliphatic carbocycles. The molecule has 3 aromatic carbocycles. The molecule has 0 saturated carbocycles. The van der Waals surface area contributed by atoms with Gasteiger partial charge in [0.1, 0.15) is 18.1 Å². The molecule has 1 N–H and O–H groups in total. The molecule has 3 aromatic rings. The highest BCUT2D eigenvalue weighted by atomic mass is 35.5. The molecule has 1 amide bonds. The molecule has 0 heterocycles. The molecular weight excluding hydrogens is 431 g/mol. The number of hydrogen-bond acceptors (Lipinski definition) is 4. The fraction of sp³-hybridized carbons (Fsp3) is 0.0952. The maximum Gasteiger partial charge on any atom is 0.264 e. The molecule has 0 aliphatic rings. The zero-order chi connectivity index (χ0) is 21.7. The second-order valence-electron chi connectivity index (χ2n) is 6.17. The van der Waals surface area contributed by atoms with Gasteiger partial charge in [0, 0.05) is 5.02 Å². The van der Waals surface area contributed by atoms with Gasteiger partial charge in [0.25, 0.3) is 10.0 Å². The van der Waals surface area contributed by atoms with Crippen molar-refractivity contribution in [2.24, 2.45) is 0 Å². The fourth-order valence-electron chi connectivity index (χ4n) is 2.77. The van der Waals surface area contributed by atoms with Gasteiger partial charge in [-0.3, -0.25) is 9.10 Å². The number of hydrogen-bond donors (Lipinski definition) is 1. The second kappa shape index (κ2) is 9.15. The largest absolute Gasteiger partial charge is 0.495 e. The van der Waals surface area contributed by atoms with Crippen LogP contribution in [0.3, 0.4) is 0 Å². The summed E-state index contributed by atoms with van der Waals surface area (Å²) >= 11 is 5.97. The number of nitrogens with one attached hydrogen (secondary N) is 1. The van der Waals surface area contributed by atoms with Crippen LogP contribution in [-0.4, -0.2) is 28.0 Å². The van der Waals surface area contributed by atoms with E-state index in [1.165, 1.54) is 43.5 Å². The van der Waals surface area contributed by atoms with E-state index < -0.39 is 28.3 Å². The molecule has 0 unspecified atom stereocenters. The highest BCUT2D eigenvalue weighted by Crippen LogP contribution is 2.29. The summed E-state index contributed by atoms with van der Waals surface area (Å²) in [5.41, 5.74) is 0.0233. The zero-order valence-corrected chi connectivity index (χ0v) is 17.5. The van der Waals surface area contributed by atoms with Crippen LogP contribution in [0.4, 0.5) is 15.8 Å². The Morgan fingerprint density at radius 2 is 1.73 bits per heavy atom. The van der Waals surface area contributed by atoms with Crippen LogP contribution in [0.25, 0.3) is 0 Å². The van der Waals surface area contributed by atoms with Crippen LogP contribution >= 0.6 is 11.6 Å². The third kappa shape index (κ3) is 4.72. The molecule has 3 rings (SSSR count). The standard InChI is InChI=1S/C21H18ClFN2O4S/c1-29-20-12-11-15(22)13-18(20)24-21(26)14-25(19-10-6-5-9-17(19)23)30(27,28)16-7-3-2-4-8-16/h2-13H,14H2,1H3,(H,24,26). The van der Waals surface area contributed by atoms with Crippen LogP contribution in [0.5, 0.6) is 5.75 Å². The Morgan fingerprint density at radius 1 is 1.07 bits per heavy atom. The Morgan fingerprint density at radius 3 is 2.40 bits per heavy atom. The minimum absolute atomic E-state index is 0.0682. The zero-order valence-electron chi connectivity index (χ0n) is 15.9. The summed E-state index contributed by atoms with van der Waals surface area (Å²) in [6, 6.07) is 17.5. The lowest BCUT2D eigenvalue weighted by molar-refractivity contribution is -0.114. The lowest BCUT2D eigenvalue weighted by Crippen LogP contribution is -2.38. The van der Waals surface area contributed by atoms with Crippen molar-refractivity contribution in [2.75, 3.05) is 23.3 Å². The van der Waals surface area contributed by atoms with Crippen molar-refractivity contribution in [2.45, 2.75) is 4.90 Å². The highest BCUT2D eigenvalue weighted by molar-refractivity contribution is 7.92. The summed E-state index contributed by atoms with van der Waals surface area (Å²) in [5, 5.41) is 2.92. The molecule has 0 radical (unpaired) electrons. The average molecular weight is 449 g/mol. The van der Waals surface area contributed by atoms with Gasteiger partial charge in [-0.25, -0.2) is 12.8 Å². The van der Waals surface area contributed by atoms with Crippen molar-refractivity contribution in [3.05, 3.63) is 83.6 Å². The number of carbonyl (C=O) groups is 1. The van der Waals surface area contributed by atoms with Crippen LogP contribution in [-0.2, 0) is 14.8 Å². The third-order valence-corrected chi connectivity index (χ3v) is 6.18. The monoisotopic (exact) mass is 448 g/mol. The van der Waals surface area contributed by atoms with E-state index in [4.69, 9.17) is 16.3 Å². The Labute approximate surface area is 178 Å². The topological polar surface area (TPSA) is 75.7 Å². The third-order valence-electron chi connectivity index (χ3n) is 4.18. The number of para-hydroxylation sites is 1. The van der Waals surface area contributed by atoms with Gasteiger partial charge < -0.3 is 10.1 Å². The molecule has 0 fully saturated rings. The van der Waals surface area contributed by atoms with E-state index in [1.54, 1.807) is 30.3 Å². The molecule has 30 heavy (non-hydrogen) atoms. The van der Waals surface area contributed by atoms with Crippen LogP contribution in [0.2, 0.25) is 5.02 Å². The van der Waals surface area contributed by atoms with Crippen LogP contribution in [0, 0.1) is 5.82 Å². The first-order valence-electron chi connectivity index (χ1n) is 8.78. The van der Waals surface area contributed by atoms with Crippen molar-refractivity contribution < 1.29 is 22.3 Å². The number of amides is 1. The number of rotatable bonds is 7. The average Bonchev–Trinajstić information content (AvgIpc) is 2.73. The Kier molecular flexibility index (Phi) is 6.59. The summed E-state index contributed by atoms with van der Waals surface area (Å²) < 4.78 is 46.7. The quantitative estimate of drug-likeness (QED) is 0.584. The van der Waals surface area contributed by atoms with Crippen molar-refractivity contribution >= 4 is 38.9 Å². The molecule has 9 heteroatoms. The van der Waals surface area contributed by atoms with E-state index >= 15 is 0 Å². The number of anilines is 2. The van der Waals surface area contributed by atoms with Crippen LogP contribution in [0.15, 0.2) is 77.7 Å². The first-order chi connectivity index (χ1) is 14.3. The molecule has 0 bridgehead atoms. The van der Waals surface area contributed by atoms with E-state index in [0.29, 0.717) is 10.8 Å². The number of carbonyl (C=O) groups excluding carboxylic acids is 1. The maximum absolute atomic E-state index is 14.5. The normalized spacial score (nSPS) is 11.0. The van der Waals surface area contributed by atoms with E-state index in [-0.39, 0.29) is 16.3 Å². The second-order valence-corrected chi connectivity index (χ2v) is 8.47. The summed E-state index contributed by atoms with van der Waals surface area (Å²) in [6.45, 7) is -0.659. The molecule has 156 valence electrons. The van der Waals surface area contributed by atoms with Crippen molar-refractivity contribution in [1.82, 2.24) is 0 Å². The molecule has 0 atom stereocenters. The lowest BCUT2D eigenvalue weighted by Gasteiger charge is -2.24. The number of nitrogens with zero attached hydrogens (tertiary/aromatic N) is 1. The summed E-state index contributed by atoms with van der Waals surface area (Å²) in [5.74, 6) is -1.13. The summed E-state index contributed by atoms with van der Waals surface area (Å²) in [6.07, 6.45) is 0. The minimum Gasteiger partial charge on any atom is -0.495 e. The number of halogens is 2. The first kappa shape index (κ1) is 21.6. The van der Waals surface area contributed by atoms with E-state index in [1.807, 2.05) is 0 Å². The number of sulfonamides is 1. The Bertz CT molecular complexity index is 1160. The Hall–Kier alpha value is -3.10. The van der Waals surface area contributed by atoms with Gasteiger partial charge >= 0.3 is 0 Å². The van der Waals surface area contributed by atoms with Crippen LogP contribution in [0.1, 0.15) is 0 Å². The molecule has 6 nitrogen and oxygen atoms in total. The van der Waals surface area contributed by atoms with Crippen molar-refractivity contribution in [3.63, 3.8) is 0 Å². The van der Waals surface area contributed by atoms with E-state index in [9.17, 15) is 17.6 Å². The molecule has 0 aliphatic heterocycles. The Balaban J connectivity index is 1.97. The maximum atomic E-state index is 14.5. The molecular formula is C21H18ClFN2O4S. The molecule has 0 spiro atoms. The smallest absolute Gasteiger partial charge is 0.264 e. The first-order valence-corrected chi connectivity index (χ1v) is 10.6. The van der Waals surface area contributed by atoms with E-state index in [2.05, 4.69) is 5.32 Å². The SMILES string of the molecule is COc1ccc(Cl)cc1NC(=O)CN(c1ccccc1F)S(=O)(=O)c1ccccc1. The predicted octanol–water partition coefficient (Wildman–Crippen LogP) is 4.32. The van der Waals surface area contributed by atoms with E-state index in [0.717, 1.165) is 10.4 Å². The number of methoxy groups -OCH3 is 1. The van der Waals surface area contributed by atoms with Crippen molar-refractivity contribution in [3.8, 4) is 5.75 Å². The van der Waals surface area contributed by atoms with Gasteiger partial charge in [0.2, 0.25) is 5.91 Å². The lowest BCUT2D eigenvalue weighted by atomic mass is 10.3. The minimum atomic E-state index is -4.21. The summed E-state index contributed by atoms with van der Waals surface area (Å²) in [4.78, 5) is 12.7. The van der Waals surface area contributed by atoms with Gasteiger partial charge in [-0.15, -0.1) is 0 Å². The van der Waals surface area contributed by atoms with Gasteiger partial charge in [-0.2, -0.15) is 0 Å². The van der Waals surface area contributed by atoms with Gasteiger partial charge in [-0.05, 0) is 42.5 Å². The highest BCUT2D eigenvalue weighted by Gasteiger charge is 2.29. The fourth-order valence-corrected chi connectivity index (χ4v) is 4.39. The summed E-state index contributed by atoms with van der Waals surface area (Å²) in [7, 11) is -2.79.